The monoisotopic (exact) mass is 461 g/mol. The van der Waals surface area contributed by atoms with Crippen molar-refractivity contribution in [2.24, 2.45) is 5.92 Å². The molecule has 2 fully saturated rings. The number of pyridine rings is 1. The number of anilines is 1. The normalized spacial score (nSPS) is 26.8. The smallest absolute Gasteiger partial charge is 0.208 e. The van der Waals surface area contributed by atoms with Crippen molar-refractivity contribution in [3.8, 4) is 0 Å². The predicted molar refractivity (Wildman–Crippen MR) is 124 cm³/mol. The fourth-order valence-electron chi connectivity index (χ4n) is 4.95. The van der Waals surface area contributed by atoms with E-state index in [1.807, 2.05) is 11.0 Å². The van der Waals surface area contributed by atoms with E-state index in [4.69, 9.17) is 4.74 Å². The maximum absolute atomic E-state index is 13.7. The number of sulfonamides is 1. The number of aromatic nitrogens is 1. The highest BCUT2D eigenvalue weighted by atomic mass is 32.2. The largest absolute Gasteiger partial charge is 0.378 e. The molecule has 0 spiro atoms. The van der Waals surface area contributed by atoms with Crippen LogP contribution < -0.4 is 9.62 Å². The summed E-state index contributed by atoms with van der Waals surface area (Å²) in [5.41, 5.74) is 1.40. The summed E-state index contributed by atoms with van der Waals surface area (Å²) < 4.78 is 46.5. The Kier molecular flexibility index (Phi) is 7.43. The summed E-state index contributed by atoms with van der Waals surface area (Å²) in [6.07, 6.45) is 7.68. The lowest BCUT2D eigenvalue weighted by Gasteiger charge is -2.40. The van der Waals surface area contributed by atoms with Crippen LogP contribution in [-0.2, 0) is 14.8 Å². The first kappa shape index (κ1) is 23.1. The maximum atomic E-state index is 13.7. The van der Waals surface area contributed by atoms with Gasteiger partial charge in [0.1, 0.15) is 11.6 Å². The molecule has 0 amide bonds. The molecule has 1 saturated heterocycles. The van der Waals surface area contributed by atoms with Crippen LogP contribution in [0.15, 0.2) is 48.7 Å². The van der Waals surface area contributed by atoms with Crippen molar-refractivity contribution in [1.29, 1.82) is 0 Å². The van der Waals surface area contributed by atoms with Crippen molar-refractivity contribution >= 4 is 15.8 Å². The van der Waals surface area contributed by atoms with E-state index in [0.29, 0.717) is 37.9 Å². The molecule has 1 N–H and O–H groups in total. The number of hydrogen-bond donors (Lipinski definition) is 1. The van der Waals surface area contributed by atoms with Gasteiger partial charge in [0.25, 0.3) is 0 Å². The van der Waals surface area contributed by atoms with Crippen LogP contribution in [0.1, 0.15) is 43.6 Å². The van der Waals surface area contributed by atoms with Gasteiger partial charge in [-0.05, 0) is 49.7 Å². The molecule has 1 aliphatic carbocycles. The third kappa shape index (κ3) is 6.27. The Bertz CT molecular complexity index is 981. The van der Waals surface area contributed by atoms with Gasteiger partial charge >= 0.3 is 0 Å². The maximum Gasteiger partial charge on any atom is 0.208 e. The topological polar surface area (TPSA) is 71.5 Å². The Morgan fingerprint density at radius 3 is 2.56 bits per heavy atom. The van der Waals surface area contributed by atoms with Crippen LogP contribution in [0.2, 0.25) is 0 Å². The van der Waals surface area contributed by atoms with E-state index in [2.05, 4.69) is 34.0 Å². The number of nitrogens with one attached hydrogen (secondary N) is 1. The molecule has 1 aliphatic heterocycles. The van der Waals surface area contributed by atoms with Gasteiger partial charge in [0.15, 0.2) is 0 Å². The first-order valence-corrected chi connectivity index (χ1v) is 13.3. The van der Waals surface area contributed by atoms with Gasteiger partial charge in [-0.2, -0.15) is 0 Å². The van der Waals surface area contributed by atoms with E-state index in [0.717, 1.165) is 25.7 Å². The van der Waals surface area contributed by atoms with Gasteiger partial charge in [-0.3, -0.25) is 0 Å². The summed E-state index contributed by atoms with van der Waals surface area (Å²) in [6, 6.07) is 13.2. The summed E-state index contributed by atoms with van der Waals surface area (Å²) in [5, 5.41) is 0. The fourth-order valence-corrected chi connectivity index (χ4v) is 5.81. The minimum atomic E-state index is -3.33. The van der Waals surface area contributed by atoms with Gasteiger partial charge in [0.05, 0.1) is 19.0 Å². The molecule has 2 heterocycles. The summed E-state index contributed by atoms with van der Waals surface area (Å²) in [4.78, 5) is 6.31. The molecule has 2 atom stereocenters. The second-order valence-electron chi connectivity index (χ2n) is 9.04. The zero-order chi connectivity index (χ0) is 22.6. The average molecular weight is 462 g/mol. The minimum Gasteiger partial charge on any atom is -0.378 e. The molecule has 0 bridgehead atoms. The Labute approximate surface area is 190 Å². The molecule has 2 aromatic rings. The van der Waals surface area contributed by atoms with E-state index >= 15 is 0 Å². The molecule has 2 unspecified atom stereocenters. The predicted octanol–water partition coefficient (Wildman–Crippen LogP) is 3.71. The minimum absolute atomic E-state index is 0.0320. The van der Waals surface area contributed by atoms with Crippen LogP contribution in [-0.4, -0.2) is 51.5 Å². The molecule has 4 rings (SSSR count). The summed E-state index contributed by atoms with van der Waals surface area (Å²) >= 11 is 0. The van der Waals surface area contributed by atoms with Crippen LogP contribution in [0, 0.1) is 11.7 Å². The summed E-state index contributed by atoms with van der Waals surface area (Å²) in [5.74, 6) is 0.806. The molecular weight excluding hydrogens is 429 g/mol. The standard InChI is InChI=1S/C24H32FN3O3S/c1-32(29,30)27-23-12-14-28(24-15-21(25)11-13-26-24)16-20(23)17-31-22-9-7-19(8-10-22)18-5-3-2-4-6-18/h2-6,11,13,15,19-20,22-23,27H,7-10,12,14,16-17H2,1H3. The van der Waals surface area contributed by atoms with E-state index in [1.54, 1.807) is 0 Å². The van der Waals surface area contributed by atoms with Gasteiger partial charge in [0, 0.05) is 37.3 Å². The lowest BCUT2D eigenvalue weighted by Crippen LogP contribution is -2.52. The molecule has 6 nitrogen and oxygen atoms in total. The third-order valence-electron chi connectivity index (χ3n) is 6.62. The summed E-state index contributed by atoms with van der Waals surface area (Å²) in [6.45, 7) is 1.66. The molecule has 2 aliphatic rings. The highest BCUT2D eigenvalue weighted by molar-refractivity contribution is 7.88. The van der Waals surface area contributed by atoms with Gasteiger partial charge in [-0.15, -0.1) is 0 Å². The molecule has 1 aromatic heterocycles. The highest BCUT2D eigenvalue weighted by Gasteiger charge is 2.33. The second-order valence-corrected chi connectivity index (χ2v) is 10.8. The molecule has 8 heteroatoms. The van der Waals surface area contributed by atoms with Gasteiger partial charge in [0.2, 0.25) is 10.0 Å². The Hall–Kier alpha value is -2.03. The van der Waals surface area contributed by atoms with Crippen molar-refractivity contribution in [1.82, 2.24) is 9.71 Å². The first-order valence-electron chi connectivity index (χ1n) is 11.4. The van der Waals surface area contributed by atoms with Crippen LogP contribution in [0.3, 0.4) is 0 Å². The molecular formula is C24H32FN3O3S. The van der Waals surface area contributed by atoms with E-state index in [1.165, 1.54) is 30.1 Å². The average Bonchev–Trinajstić information content (AvgIpc) is 2.78. The molecule has 1 aromatic carbocycles. The van der Waals surface area contributed by atoms with Crippen LogP contribution >= 0.6 is 0 Å². The van der Waals surface area contributed by atoms with E-state index in [9.17, 15) is 12.8 Å². The van der Waals surface area contributed by atoms with Crippen LogP contribution in [0.5, 0.6) is 0 Å². The molecule has 32 heavy (non-hydrogen) atoms. The summed E-state index contributed by atoms with van der Waals surface area (Å²) in [7, 11) is -3.33. The number of hydrogen-bond acceptors (Lipinski definition) is 5. The first-order chi connectivity index (χ1) is 15.4. The number of rotatable bonds is 7. The second kappa shape index (κ2) is 10.3. The van der Waals surface area contributed by atoms with Gasteiger partial charge in [-0.1, -0.05) is 30.3 Å². The zero-order valence-corrected chi connectivity index (χ0v) is 19.3. The van der Waals surface area contributed by atoms with Crippen molar-refractivity contribution < 1.29 is 17.5 Å². The van der Waals surface area contributed by atoms with Crippen LogP contribution in [0.4, 0.5) is 10.2 Å². The van der Waals surface area contributed by atoms with Crippen molar-refractivity contribution in [2.75, 3.05) is 30.9 Å². The van der Waals surface area contributed by atoms with Crippen molar-refractivity contribution in [2.45, 2.75) is 50.2 Å². The van der Waals surface area contributed by atoms with E-state index in [-0.39, 0.29) is 23.9 Å². The highest BCUT2D eigenvalue weighted by Crippen LogP contribution is 2.34. The van der Waals surface area contributed by atoms with Crippen molar-refractivity contribution in [3.05, 3.63) is 60.0 Å². The Balaban J connectivity index is 1.36. The quantitative estimate of drug-likeness (QED) is 0.681. The number of halogens is 1. The Morgan fingerprint density at radius 1 is 1.12 bits per heavy atom. The van der Waals surface area contributed by atoms with Crippen molar-refractivity contribution in [3.63, 3.8) is 0 Å². The Morgan fingerprint density at radius 2 is 1.88 bits per heavy atom. The fraction of sp³-hybridized carbons (Fsp3) is 0.542. The van der Waals surface area contributed by atoms with Gasteiger partial charge < -0.3 is 9.64 Å². The molecule has 174 valence electrons. The number of benzene rings is 1. The van der Waals surface area contributed by atoms with E-state index < -0.39 is 10.0 Å². The zero-order valence-electron chi connectivity index (χ0n) is 18.5. The lowest BCUT2D eigenvalue weighted by atomic mass is 9.82. The SMILES string of the molecule is CS(=O)(=O)NC1CCN(c2cc(F)ccn2)CC1COC1CCC(c2ccccc2)CC1. The molecule has 0 radical (unpaired) electrons. The number of piperidine rings is 1. The van der Waals surface area contributed by atoms with Crippen LogP contribution in [0.25, 0.3) is 0 Å². The third-order valence-corrected chi connectivity index (χ3v) is 7.35. The number of ether oxygens (including phenoxy) is 1. The lowest BCUT2D eigenvalue weighted by molar-refractivity contribution is -0.00213. The number of nitrogens with zero attached hydrogens (tertiary/aromatic N) is 2. The molecule has 1 saturated carbocycles. The van der Waals surface area contributed by atoms with Gasteiger partial charge in [-0.25, -0.2) is 22.5 Å².